The van der Waals surface area contributed by atoms with E-state index in [0.717, 1.165) is 0 Å². The summed E-state index contributed by atoms with van der Waals surface area (Å²) in [5.41, 5.74) is -0.842. The second kappa shape index (κ2) is 4.47. The molecule has 5 heteroatoms. The van der Waals surface area contributed by atoms with Crippen molar-refractivity contribution in [2.45, 2.75) is 37.9 Å². The van der Waals surface area contributed by atoms with Gasteiger partial charge in [0.05, 0.1) is 6.07 Å². The van der Waals surface area contributed by atoms with Gasteiger partial charge in [0.15, 0.2) is 0 Å². The van der Waals surface area contributed by atoms with Crippen molar-refractivity contribution in [1.82, 2.24) is 5.32 Å². The van der Waals surface area contributed by atoms with E-state index in [4.69, 9.17) is 5.26 Å². The van der Waals surface area contributed by atoms with E-state index in [1.54, 1.807) is 14.0 Å². The van der Waals surface area contributed by atoms with Gasteiger partial charge in [-0.15, -0.1) is 0 Å². The van der Waals surface area contributed by atoms with E-state index in [9.17, 15) is 13.2 Å². The summed E-state index contributed by atoms with van der Waals surface area (Å²) in [6, 6.07) is 1.94. The second-order valence-corrected chi connectivity index (χ2v) is 3.16. The maximum Gasteiger partial charge on any atom is 0.389 e. The molecule has 0 rings (SSSR count). The summed E-state index contributed by atoms with van der Waals surface area (Å²) >= 11 is 0. The summed E-state index contributed by atoms with van der Waals surface area (Å²) in [6.07, 6.45) is -4.76. The zero-order valence-electron chi connectivity index (χ0n) is 7.70. The van der Waals surface area contributed by atoms with Gasteiger partial charge in [-0.1, -0.05) is 0 Å². The van der Waals surface area contributed by atoms with Crippen LogP contribution in [0, 0.1) is 11.3 Å². The van der Waals surface area contributed by atoms with E-state index in [-0.39, 0.29) is 12.8 Å². The molecule has 76 valence electrons. The molecule has 1 atom stereocenters. The largest absolute Gasteiger partial charge is 0.389 e. The molecule has 2 nitrogen and oxygen atoms in total. The van der Waals surface area contributed by atoms with Crippen LogP contribution < -0.4 is 5.32 Å². The van der Waals surface area contributed by atoms with Gasteiger partial charge in [0.1, 0.15) is 5.54 Å². The van der Waals surface area contributed by atoms with Gasteiger partial charge < -0.3 is 5.32 Å². The van der Waals surface area contributed by atoms with Crippen LogP contribution >= 0.6 is 0 Å². The highest BCUT2D eigenvalue weighted by atomic mass is 19.4. The minimum Gasteiger partial charge on any atom is -0.303 e. The molecule has 0 aliphatic rings. The smallest absolute Gasteiger partial charge is 0.303 e. The molecule has 0 spiro atoms. The van der Waals surface area contributed by atoms with Crippen molar-refractivity contribution >= 4 is 0 Å². The molecule has 0 aromatic rings. The molecule has 0 amide bonds. The fraction of sp³-hybridized carbons (Fsp3) is 0.875. The third-order valence-electron chi connectivity index (χ3n) is 1.94. The van der Waals surface area contributed by atoms with Crippen LogP contribution in [-0.4, -0.2) is 18.8 Å². The van der Waals surface area contributed by atoms with Crippen LogP contribution in [0.5, 0.6) is 0 Å². The number of halogens is 3. The first-order valence-electron chi connectivity index (χ1n) is 4.00. The summed E-state index contributed by atoms with van der Waals surface area (Å²) < 4.78 is 35.2. The van der Waals surface area contributed by atoms with E-state index in [1.165, 1.54) is 0 Å². The molecule has 1 N–H and O–H groups in total. The fourth-order valence-electron chi connectivity index (χ4n) is 0.879. The Balaban J connectivity index is 3.83. The highest BCUT2D eigenvalue weighted by molar-refractivity contribution is 5.02. The Morgan fingerprint density at radius 3 is 2.15 bits per heavy atom. The maximum absolute atomic E-state index is 11.7. The summed E-state index contributed by atoms with van der Waals surface area (Å²) in [6.45, 7) is 1.59. The van der Waals surface area contributed by atoms with Gasteiger partial charge in [-0.25, -0.2) is 0 Å². The number of nitrogens with zero attached hydrogens (tertiary/aromatic N) is 1. The van der Waals surface area contributed by atoms with E-state index in [0.29, 0.717) is 0 Å². The Hall–Kier alpha value is -0.760. The van der Waals surface area contributed by atoms with E-state index < -0.39 is 18.1 Å². The summed E-state index contributed by atoms with van der Waals surface area (Å²) in [5.74, 6) is 0. The normalized spacial score (nSPS) is 16.3. The maximum atomic E-state index is 11.7. The number of nitriles is 1. The lowest BCUT2D eigenvalue weighted by Crippen LogP contribution is -2.38. The molecule has 0 saturated carbocycles. The number of hydrogen-bond acceptors (Lipinski definition) is 2. The topological polar surface area (TPSA) is 35.8 Å². The number of hydrogen-bond donors (Lipinski definition) is 1. The highest BCUT2D eigenvalue weighted by Crippen LogP contribution is 2.24. The fourth-order valence-corrected chi connectivity index (χ4v) is 0.879. The van der Waals surface area contributed by atoms with Gasteiger partial charge in [-0.3, -0.25) is 0 Å². The SMILES string of the molecule is CNC(C)(C#N)CCCC(F)(F)F. The minimum absolute atomic E-state index is 0.0194. The van der Waals surface area contributed by atoms with Crippen molar-refractivity contribution in [3.63, 3.8) is 0 Å². The summed E-state index contributed by atoms with van der Waals surface area (Å²) in [5, 5.41) is 11.3. The van der Waals surface area contributed by atoms with Crippen molar-refractivity contribution in [2.24, 2.45) is 0 Å². The monoisotopic (exact) mass is 194 g/mol. The molecule has 0 aromatic carbocycles. The zero-order valence-corrected chi connectivity index (χ0v) is 7.70. The lowest BCUT2D eigenvalue weighted by Gasteiger charge is -2.20. The van der Waals surface area contributed by atoms with E-state index >= 15 is 0 Å². The van der Waals surface area contributed by atoms with Crippen LogP contribution in [0.4, 0.5) is 13.2 Å². The van der Waals surface area contributed by atoms with Crippen molar-refractivity contribution in [3.8, 4) is 6.07 Å². The van der Waals surface area contributed by atoms with Gasteiger partial charge >= 0.3 is 6.18 Å². The van der Waals surface area contributed by atoms with E-state index in [2.05, 4.69) is 5.32 Å². The highest BCUT2D eigenvalue weighted by Gasteiger charge is 2.29. The number of alkyl halides is 3. The lowest BCUT2D eigenvalue weighted by atomic mass is 9.97. The molecule has 13 heavy (non-hydrogen) atoms. The average Bonchev–Trinajstić information content (AvgIpc) is 2.02. The van der Waals surface area contributed by atoms with Gasteiger partial charge in [0.25, 0.3) is 0 Å². The van der Waals surface area contributed by atoms with Gasteiger partial charge in [0.2, 0.25) is 0 Å². The minimum atomic E-state index is -4.12. The molecule has 0 aliphatic carbocycles. The molecule has 0 heterocycles. The molecule has 0 aliphatic heterocycles. The van der Waals surface area contributed by atoms with Crippen LogP contribution in [0.2, 0.25) is 0 Å². The third-order valence-corrected chi connectivity index (χ3v) is 1.94. The third kappa shape index (κ3) is 5.47. The quantitative estimate of drug-likeness (QED) is 0.744. The molecule has 0 aromatic heterocycles. The van der Waals surface area contributed by atoms with Crippen molar-refractivity contribution in [2.75, 3.05) is 7.05 Å². The van der Waals surface area contributed by atoms with Gasteiger partial charge in [-0.2, -0.15) is 18.4 Å². The predicted octanol–water partition coefficient (Wildman–Crippen LogP) is 2.22. The average molecular weight is 194 g/mol. The standard InChI is InChI=1S/C8H13F3N2/c1-7(6-12,13-2)4-3-5-8(9,10)11/h13H,3-5H2,1-2H3. The van der Waals surface area contributed by atoms with Crippen molar-refractivity contribution in [3.05, 3.63) is 0 Å². The second-order valence-electron chi connectivity index (χ2n) is 3.16. The zero-order chi connectivity index (χ0) is 10.5. The predicted molar refractivity (Wildman–Crippen MR) is 43.0 cm³/mol. The van der Waals surface area contributed by atoms with Crippen LogP contribution in [0.25, 0.3) is 0 Å². The van der Waals surface area contributed by atoms with Gasteiger partial charge in [0, 0.05) is 6.42 Å². The molecule has 1 unspecified atom stereocenters. The molecule has 0 fully saturated rings. The van der Waals surface area contributed by atoms with Crippen LogP contribution in [-0.2, 0) is 0 Å². The van der Waals surface area contributed by atoms with Crippen LogP contribution in [0.1, 0.15) is 26.2 Å². The molecule has 0 saturated heterocycles. The Morgan fingerprint density at radius 1 is 1.31 bits per heavy atom. The molecule has 0 radical (unpaired) electrons. The Morgan fingerprint density at radius 2 is 1.85 bits per heavy atom. The first-order chi connectivity index (χ1) is 5.83. The first-order valence-corrected chi connectivity index (χ1v) is 4.00. The van der Waals surface area contributed by atoms with Crippen molar-refractivity contribution in [1.29, 1.82) is 5.26 Å². The Kier molecular flexibility index (Phi) is 4.21. The number of nitrogens with one attached hydrogen (secondary N) is 1. The Labute approximate surface area is 75.7 Å². The van der Waals surface area contributed by atoms with E-state index in [1.807, 2.05) is 6.07 Å². The number of rotatable bonds is 4. The molecule has 0 bridgehead atoms. The summed E-state index contributed by atoms with van der Waals surface area (Å²) in [7, 11) is 1.57. The van der Waals surface area contributed by atoms with Crippen LogP contribution in [0.3, 0.4) is 0 Å². The summed E-state index contributed by atoms with van der Waals surface area (Å²) in [4.78, 5) is 0. The Bertz CT molecular complexity index is 195. The van der Waals surface area contributed by atoms with Crippen molar-refractivity contribution < 1.29 is 13.2 Å². The molecular weight excluding hydrogens is 181 g/mol. The van der Waals surface area contributed by atoms with Gasteiger partial charge in [-0.05, 0) is 26.8 Å². The molecular formula is C8H13F3N2. The lowest BCUT2D eigenvalue weighted by molar-refractivity contribution is -0.136. The van der Waals surface area contributed by atoms with Crippen LogP contribution in [0.15, 0.2) is 0 Å². The first kappa shape index (κ1) is 12.2.